The number of amides is 1. The molecule has 1 fully saturated rings. The summed E-state index contributed by atoms with van der Waals surface area (Å²) in [5, 5.41) is 2.93. The molecule has 29 heavy (non-hydrogen) atoms. The van der Waals surface area contributed by atoms with Crippen molar-refractivity contribution in [3.05, 3.63) is 64.7 Å². The maximum absolute atomic E-state index is 12.5. The first-order valence-corrected chi connectivity index (χ1v) is 11.4. The van der Waals surface area contributed by atoms with Crippen molar-refractivity contribution < 1.29 is 17.9 Å². The Hall–Kier alpha value is -2.42. The largest absolute Gasteiger partial charge is 0.379 e. The molecular weight excluding hydrogens is 390 g/mol. The molecule has 8 heteroatoms. The van der Waals surface area contributed by atoms with E-state index < -0.39 is 10.0 Å². The third kappa shape index (κ3) is 6.56. The second-order valence-corrected chi connectivity index (χ2v) is 9.04. The van der Waals surface area contributed by atoms with E-state index in [1.165, 1.54) is 5.56 Å². The average Bonchev–Trinajstić information content (AvgIpc) is 2.68. The molecule has 2 N–H and O–H groups in total. The van der Waals surface area contributed by atoms with Crippen LogP contribution in [0.25, 0.3) is 0 Å². The lowest BCUT2D eigenvalue weighted by molar-refractivity contribution is 0.0342. The highest BCUT2D eigenvalue weighted by Gasteiger charge is 2.12. The molecule has 0 aliphatic carbocycles. The van der Waals surface area contributed by atoms with E-state index in [2.05, 4.69) is 27.1 Å². The van der Waals surface area contributed by atoms with Gasteiger partial charge in [-0.15, -0.1) is 0 Å². The number of nitrogens with zero attached hydrogens (tertiary/aromatic N) is 1. The van der Waals surface area contributed by atoms with E-state index >= 15 is 0 Å². The molecule has 1 saturated heterocycles. The number of ether oxygens (including phenoxy) is 1. The van der Waals surface area contributed by atoms with Gasteiger partial charge in [-0.2, -0.15) is 0 Å². The number of hydrogen-bond acceptors (Lipinski definition) is 5. The molecule has 2 aromatic carbocycles. The average molecular weight is 418 g/mol. The molecule has 156 valence electrons. The van der Waals surface area contributed by atoms with E-state index in [9.17, 15) is 13.2 Å². The van der Waals surface area contributed by atoms with Crippen molar-refractivity contribution in [2.45, 2.75) is 20.0 Å². The Bertz CT molecular complexity index is 970. The van der Waals surface area contributed by atoms with Crippen LogP contribution in [-0.4, -0.2) is 51.8 Å². The Balaban J connectivity index is 1.59. The predicted octanol–water partition coefficient (Wildman–Crippen LogP) is 2.13. The van der Waals surface area contributed by atoms with Crippen LogP contribution in [-0.2, 0) is 27.8 Å². The molecule has 7 nitrogen and oxygen atoms in total. The van der Waals surface area contributed by atoms with Gasteiger partial charge in [-0.1, -0.05) is 24.3 Å². The lowest BCUT2D eigenvalue weighted by atomic mass is 10.1. The molecular formula is C21H27N3O4S. The number of carbonyl (C=O) groups is 1. The summed E-state index contributed by atoms with van der Waals surface area (Å²) in [5.41, 5.74) is 3.91. The Kier molecular flexibility index (Phi) is 6.89. The maximum atomic E-state index is 12.5. The molecule has 0 saturated carbocycles. The van der Waals surface area contributed by atoms with E-state index in [-0.39, 0.29) is 5.91 Å². The van der Waals surface area contributed by atoms with E-state index in [1.54, 1.807) is 25.1 Å². The number of hydrogen-bond donors (Lipinski definition) is 2. The van der Waals surface area contributed by atoms with Gasteiger partial charge in [0.15, 0.2) is 0 Å². The monoisotopic (exact) mass is 417 g/mol. The van der Waals surface area contributed by atoms with Crippen molar-refractivity contribution in [1.82, 2.24) is 10.2 Å². The summed E-state index contributed by atoms with van der Waals surface area (Å²) in [6, 6.07) is 13.1. The molecule has 1 amide bonds. The summed E-state index contributed by atoms with van der Waals surface area (Å²) < 4.78 is 30.6. The number of sulfonamides is 1. The summed E-state index contributed by atoms with van der Waals surface area (Å²) >= 11 is 0. The molecule has 3 rings (SSSR count). The van der Waals surface area contributed by atoms with Gasteiger partial charge >= 0.3 is 0 Å². The van der Waals surface area contributed by atoms with Crippen LogP contribution in [0.5, 0.6) is 0 Å². The normalized spacial score (nSPS) is 15.1. The molecule has 1 aliphatic heterocycles. The summed E-state index contributed by atoms with van der Waals surface area (Å²) in [6.07, 6.45) is 1.10. The second-order valence-electron chi connectivity index (χ2n) is 7.30. The van der Waals surface area contributed by atoms with Crippen LogP contribution in [0.15, 0.2) is 42.5 Å². The van der Waals surface area contributed by atoms with E-state index in [0.717, 1.165) is 44.7 Å². The first kappa shape index (κ1) is 21.3. The molecule has 0 radical (unpaired) electrons. The summed E-state index contributed by atoms with van der Waals surface area (Å²) in [5.74, 6) is -0.197. The van der Waals surface area contributed by atoms with Gasteiger partial charge in [0.2, 0.25) is 10.0 Å². The first-order valence-electron chi connectivity index (χ1n) is 9.55. The quantitative estimate of drug-likeness (QED) is 0.721. The molecule has 0 spiro atoms. The SMILES string of the molecule is Cc1cc(C(=O)NCc2cccc(CN3CCOCC3)c2)ccc1NS(C)(=O)=O. The highest BCUT2D eigenvalue weighted by atomic mass is 32.2. The Morgan fingerprint density at radius 3 is 2.52 bits per heavy atom. The summed E-state index contributed by atoms with van der Waals surface area (Å²) in [4.78, 5) is 14.9. The fourth-order valence-electron chi connectivity index (χ4n) is 3.26. The van der Waals surface area contributed by atoms with Gasteiger partial charge in [-0.05, 0) is 41.8 Å². The van der Waals surface area contributed by atoms with Gasteiger partial charge in [0.05, 0.1) is 25.2 Å². The zero-order valence-corrected chi connectivity index (χ0v) is 17.6. The van der Waals surface area contributed by atoms with E-state index in [1.807, 2.05) is 12.1 Å². The summed E-state index contributed by atoms with van der Waals surface area (Å²) in [7, 11) is -3.35. The van der Waals surface area contributed by atoms with Crippen molar-refractivity contribution in [3.8, 4) is 0 Å². The number of carbonyl (C=O) groups excluding carboxylic acids is 1. The zero-order valence-electron chi connectivity index (χ0n) is 16.8. The smallest absolute Gasteiger partial charge is 0.251 e. The number of morpholine rings is 1. The number of benzene rings is 2. The Labute approximate surface area is 172 Å². The third-order valence-electron chi connectivity index (χ3n) is 4.74. The minimum Gasteiger partial charge on any atom is -0.379 e. The minimum absolute atomic E-state index is 0.197. The van der Waals surface area contributed by atoms with Crippen LogP contribution in [0, 0.1) is 6.92 Å². The van der Waals surface area contributed by atoms with Gasteiger partial charge in [-0.3, -0.25) is 14.4 Å². The fraction of sp³-hybridized carbons (Fsp3) is 0.381. The number of nitrogens with one attached hydrogen (secondary N) is 2. The van der Waals surface area contributed by atoms with Gasteiger partial charge in [0, 0.05) is 31.7 Å². The third-order valence-corrected chi connectivity index (χ3v) is 5.33. The van der Waals surface area contributed by atoms with Crippen molar-refractivity contribution in [2.24, 2.45) is 0 Å². The van der Waals surface area contributed by atoms with Crippen LogP contribution in [0.3, 0.4) is 0 Å². The fourth-order valence-corrected chi connectivity index (χ4v) is 3.89. The lowest BCUT2D eigenvalue weighted by Crippen LogP contribution is -2.35. The van der Waals surface area contributed by atoms with Crippen LogP contribution in [0.1, 0.15) is 27.0 Å². The maximum Gasteiger partial charge on any atom is 0.251 e. The van der Waals surface area contributed by atoms with Crippen LogP contribution in [0.2, 0.25) is 0 Å². The van der Waals surface area contributed by atoms with Crippen molar-refractivity contribution >= 4 is 21.6 Å². The number of rotatable bonds is 7. The van der Waals surface area contributed by atoms with Crippen molar-refractivity contribution in [3.63, 3.8) is 0 Å². The van der Waals surface area contributed by atoms with Gasteiger partial charge in [-0.25, -0.2) is 8.42 Å². The molecule has 0 unspecified atom stereocenters. The molecule has 1 heterocycles. The first-order chi connectivity index (χ1) is 13.8. The summed E-state index contributed by atoms with van der Waals surface area (Å²) in [6.45, 7) is 6.48. The number of aryl methyl sites for hydroxylation is 1. The zero-order chi connectivity index (χ0) is 20.9. The van der Waals surface area contributed by atoms with E-state index in [0.29, 0.717) is 23.4 Å². The van der Waals surface area contributed by atoms with Gasteiger partial charge in [0.25, 0.3) is 5.91 Å². The molecule has 0 bridgehead atoms. The van der Waals surface area contributed by atoms with Crippen LogP contribution in [0.4, 0.5) is 5.69 Å². The van der Waals surface area contributed by atoms with Gasteiger partial charge < -0.3 is 10.1 Å². The molecule has 0 atom stereocenters. The van der Waals surface area contributed by atoms with Crippen molar-refractivity contribution in [2.75, 3.05) is 37.3 Å². The standard InChI is InChI=1S/C21H27N3O4S/c1-16-12-19(6-7-20(16)23-29(2,26)27)21(25)22-14-17-4-3-5-18(13-17)15-24-8-10-28-11-9-24/h3-7,12-13,23H,8-11,14-15H2,1-2H3,(H,22,25). The van der Waals surface area contributed by atoms with E-state index in [4.69, 9.17) is 4.74 Å². The predicted molar refractivity (Wildman–Crippen MR) is 113 cm³/mol. The Morgan fingerprint density at radius 1 is 1.10 bits per heavy atom. The van der Waals surface area contributed by atoms with Gasteiger partial charge in [0.1, 0.15) is 0 Å². The minimum atomic E-state index is -3.35. The topological polar surface area (TPSA) is 87.7 Å². The molecule has 1 aliphatic rings. The lowest BCUT2D eigenvalue weighted by Gasteiger charge is -2.26. The number of anilines is 1. The highest BCUT2D eigenvalue weighted by molar-refractivity contribution is 7.92. The van der Waals surface area contributed by atoms with Crippen LogP contribution >= 0.6 is 0 Å². The van der Waals surface area contributed by atoms with Crippen LogP contribution < -0.4 is 10.0 Å². The second kappa shape index (κ2) is 9.39. The molecule has 2 aromatic rings. The Morgan fingerprint density at radius 2 is 1.83 bits per heavy atom. The highest BCUT2D eigenvalue weighted by Crippen LogP contribution is 2.18. The van der Waals surface area contributed by atoms with Crippen molar-refractivity contribution in [1.29, 1.82) is 0 Å². The molecule has 0 aromatic heterocycles.